The lowest BCUT2D eigenvalue weighted by atomic mass is 10.1. The summed E-state index contributed by atoms with van der Waals surface area (Å²) in [5.41, 5.74) is 1.81. The molecule has 0 bridgehead atoms. The summed E-state index contributed by atoms with van der Waals surface area (Å²) in [6.07, 6.45) is 1.63. The van der Waals surface area contributed by atoms with Crippen LogP contribution in [-0.4, -0.2) is 41.0 Å². The molecule has 1 amide bonds. The largest absolute Gasteiger partial charge is 0.480 e. The van der Waals surface area contributed by atoms with E-state index in [1.54, 1.807) is 13.2 Å². The average Bonchev–Trinajstić information content (AvgIpc) is 2.92. The number of rotatable bonds is 7. The molecule has 1 aromatic carbocycles. The number of aliphatic carboxylic acids is 1. The fourth-order valence-electron chi connectivity index (χ4n) is 2.29. The smallest absolute Gasteiger partial charge is 0.320 e. The Balaban J connectivity index is 2.09. The second-order valence-electron chi connectivity index (χ2n) is 5.26. The van der Waals surface area contributed by atoms with E-state index < -0.39 is 12.0 Å². The average molecular weight is 304 g/mol. The number of carbonyl (C=O) groups excluding carboxylic acids is 1. The molecular formula is C16H20N2O4. The van der Waals surface area contributed by atoms with Crippen LogP contribution in [0.5, 0.6) is 0 Å². The Morgan fingerprint density at radius 2 is 2.14 bits per heavy atom. The molecule has 2 aromatic rings. The summed E-state index contributed by atoms with van der Waals surface area (Å²) in [6, 6.07) is 7.03. The number of fused-ring (bicyclic) bond motifs is 1. The molecule has 0 aliphatic carbocycles. The first-order valence-electron chi connectivity index (χ1n) is 7.15. The van der Waals surface area contributed by atoms with Gasteiger partial charge in [-0.2, -0.15) is 0 Å². The molecule has 22 heavy (non-hydrogen) atoms. The van der Waals surface area contributed by atoms with Crippen molar-refractivity contribution in [2.24, 2.45) is 0 Å². The van der Waals surface area contributed by atoms with E-state index in [1.807, 2.05) is 29.2 Å². The Hall–Kier alpha value is -2.34. The van der Waals surface area contributed by atoms with Crippen molar-refractivity contribution in [1.29, 1.82) is 0 Å². The van der Waals surface area contributed by atoms with Gasteiger partial charge in [0.1, 0.15) is 11.6 Å². The molecule has 0 aliphatic heterocycles. The zero-order valence-electron chi connectivity index (χ0n) is 12.7. The van der Waals surface area contributed by atoms with Crippen molar-refractivity contribution in [2.75, 3.05) is 13.1 Å². The summed E-state index contributed by atoms with van der Waals surface area (Å²) < 4.78 is 5.30. The van der Waals surface area contributed by atoms with Crippen LogP contribution in [0.25, 0.3) is 11.0 Å². The quantitative estimate of drug-likeness (QED) is 0.815. The number of hydrogen-bond acceptors (Lipinski definition) is 4. The van der Waals surface area contributed by atoms with E-state index in [2.05, 4.69) is 5.32 Å². The molecule has 1 heterocycles. The fourth-order valence-corrected chi connectivity index (χ4v) is 2.29. The Bertz CT molecular complexity index is 665. The van der Waals surface area contributed by atoms with Crippen molar-refractivity contribution in [2.45, 2.75) is 26.4 Å². The molecule has 0 spiro atoms. The van der Waals surface area contributed by atoms with Crippen LogP contribution in [0.2, 0.25) is 0 Å². The SMILES string of the molecule is CC(=O)NCCN(Cc1ccc2occc2c1)C(C)C(=O)O. The number of carboxylic acid groups (broad SMARTS) is 1. The number of carboxylic acids is 1. The number of amides is 1. The molecule has 0 saturated carbocycles. The molecule has 0 aliphatic rings. The molecule has 0 fully saturated rings. The molecule has 0 saturated heterocycles. The second kappa shape index (κ2) is 7.09. The first-order chi connectivity index (χ1) is 10.5. The Kier molecular flexibility index (Phi) is 5.16. The summed E-state index contributed by atoms with van der Waals surface area (Å²) >= 11 is 0. The van der Waals surface area contributed by atoms with E-state index in [-0.39, 0.29) is 5.91 Å². The van der Waals surface area contributed by atoms with Crippen LogP contribution in [-0.2, 0) is 16.1 Å². The molecule has 6 heteroatoms. The predicted octanol–water partition coefficient (Wildman–Crippen LogP) is 1.84. The lowest BCUT2D eigenvalue weighted by molar-refractivity contribution is -0.142. The Morgan fingerprint density at radius 1 is 1.36 bits per heavy atom. The van der Waals surface area contributed by atoms with Crippen LogP contribution in [0, 0.1) is 0 Å². The Labute approximate surface area is 128 Å². The van der Waals surface area contributed by atoms with Crippen LogP contribution in [0.1, 0.15) is 19.4 Å². The summed E-state index contributed by atoms with van der Waals surface area (Å²) in [4.78, 5) is 24.0. The van der Waals surface area contributed by atoms with Crippen molar-refractivity contribution < 1.29 is 19.1 Å². The van der Waals surface area contributed by atoms with Gasteiger partial charge in [-0.15, -0.1) is 0 Å². The number of furan rings is 1. The molecule has 1 aromatic heterocycles. The van der Waals surface area contributed by atoms with Crippen molar-refractivity contribution in [3.05, 3.63) is 36.1 Å². The summed E-state index contributed by atoms with van der Waals surface area (Å²) in [5, 5.41) is 12.9. The van der Waals surface area contributed by atoms with Gasteiger partial charge in [-0.1, -0.05) is 6.07 Å². The zero-order valence-corrected chi connectivity index (χ0v) is 12.7. The highest BCUT2D eigenvalue weighted by atomic mass is 16.4. The van der Waals surface area contributed by atoms with Crippen molar-refractivity contribution in [3.63, 3.8) is 0 Å². The summed E-state index contributed by atoms with van der Waals surface area (Å²) in [6.45, 7) is 4.47. The fraction of sp³-hybridized carbons (Fsp3) is 0.375. The third kappa shape index (κ3) is 4.08. The molecule has 1 atom stereocenters. The van der Waals surface area contributed by atoms with Gasteiger partial charge in [-0.25, -0.2) is 0 Å². The third-order valence-electron chi connectivity index (χ3n) is 3.58. The minimum atomic E-state index is -0.882. The van der Waals surface area contributed by atoms with E-state index >= 15 is 0 Å². The molecule has 2 N–H and O–H groups in total. The van der Waals surface area contributed by atoms with Crippen LogP contribution in [0.15, 0.2) is 34.9 Å². The zero-order chi connectivity index (χ0) is 16.1. The van der Waals surface area contributed by atoms with Crippen LogP contribution in [0.3, 0.4) is 0 Å². The third-order valence-corrected chi connectivity index (χ3v) is 3.58. The highest BCUT2D eigenvalue weighted by Gasteiger charge is 2.20. The Morgan fingerprint density at radius 3 is 2.82 bits per heavy atom. The van der Waals surface area contributed by atoms with E-state index in [0.717, 1.165) is 16.5 Å². The molecule has 2 rings (SSSR count). The highest BCUT2D eigenvalue weighted by molar-refractivity contribution is 5.77. The predicted molar refractivity (Wildman–Crippen MR) is 82.4 cm³/mol. The lowest BCUT2D eigenvalue weighted by Gasteiger charge is -2.26. The van der Waals surface area contributed by atoms with Gasteiger partial charge in [0.05, 0.1) is 6.26 Å². The minimum Gasteiger partial charge on any atom is -0.480 e. The topological polar surface area (TPSA) is 82.8 Å². The number of nitrogens with zero attached hydrogens (tertiary/aromatic N) is 1. The van der Waals surface area contributed by atoms with Gasteiger partial charge in [0.25, 0.3) is 0 Å². The monoisotopic (exact) mass is 304 g/mol. The normalized spacial score (nSPS) is 12.5. The highest BCUT2D eigenvalue weighted by Crippen LogP contribution is 2.18. The van der Waals surface area contributed by atoms with Crippen LogP contribution >= 0.6 is 0 Å². The standard InChI is InChI=1S/C16H20N2O4/c1-11(16(20)21)18(7-6-17-12(2)19)10-13-3-4-15-14(9-13)5-8-22-15/h3-5,8-9,11H,6-7,10H2,1-2H3,(H,17,19)(H,20,21). The van der Waals surface area contributed by atoms with Crippen LogP contribution in [0.4, 0.5) is 0 Å². The summed E-state index contributed by atoms with van der Waals surface area (Å²) in [7, 11) is 0. The van der Waals surface area contributed by atoms with Gasteiger partial charge >= 0.3 is 5.97 Å². The van der Waals surface area contributed by atoms with Gasteiger partial charge in [-0.3, -0.25) is 14.5 Å². The van der Waals surface area contributed by atoms with Crippen molar-refractivity contribution in [3.8, 4) is 0 Å². The lowest BCUT2D eigenvalue weighted by Crippen LogP contribution is -2.42. The van der Waals surface area contributed by atoms with Crippen molar-refractivity contribution >= 4 is 22.8 Å². The van der Waals surface area contributed by atoms with Crippen molar-refractivity contribution in [1.82, 2.24) is 10.2 Å². The molecule has 118 valence electrons. The first-order valence-corrected chi connectivity index (χ1v) is 7.15. The van der Waals surface area contributed by atoms with E-state index in [1.165, 1.54) is 6.92 Å². The molecule has 0 radical (unpaired) electrons. The molecular weight excluding hydrogens is 284 g/mol. The number of benzene rings is 1. The minimum absolute atomic E-state index is 0.122. The van der Waals surface area contributed by atoms with Gasteiger partial charge < -0.3 is 14.8 Å². The first kappa shape index (κ1) is 16.0. The van der Waals surface area contributed by atoms with Gasteiger partial charge in [0.2, 0.25) is 5.91 Å². The molecule has 6 nitrogen and oxygen atoms in total. The van der Waals surface area contributed by atoms with E-state index in [4.69, 9.17) is 4.42 Å². The maximum atomic E-state index is 11.3. The van der Waals surface area contributed by atoms with Gasteiger partial charge in [-0.05, 0) is 30.7 Å². The number of nitrogens with one attached hydrogen (secondary N) is 1. The number of hydrogen-bond donors (Lipinski definition) is 2. The molecule has 1 unspecified atom stereocenters. The van der Waals surface area contributed by atoms with Gasteiger partial charge in [0, 0.05) is 31.9 Å². The van der Waals surface area contributed by atoms with E-state index in [0.29, 0.717) is 19.6 Å². The summed E-state index contributed by atoms with van der Waals surface area (Å²) in [5.74, 6) is -1.00. The number of carbonyl (C=O) groups is 2. The van der Waals surface area contributed by atoms with Crippen LogP contribution < -0.4 is 5.32 Å². The maximum Gasteiger partial charge on any atom is 0.320 e. The van der Waals surface area contributed by atoms with E-state index in [9.17, 15) is 14.7 Å². The second-order valence-corrected chi connectivity index (χ2v) is 5.26. The van der Waals surface area contributed by atoms with Gasteiger partial charge in [0.15, 0.2) is 0 Å². The maximum absolute atomic E-state index is 11.3.